The van der Waals surface area contributed by atoms with Crippen molar-refractivity contribution < 1.29 is 4.79 Å². The molecule has 0 radical (unpaired) electrons. The molecule has 1 rings (SSSR count). The number of nitrogens with zero attached hydrogens (tertiary/aromatic N) is 1. The van der Waals surface area contributed by atoms with Crippen LogP contribution in [0.2, 0.25) is 0 Å². The Kier molecular flexibility index (Phi) is 5.13. The molecule has 5 heteroatoms. The third-order valence-electron chi connectivity index (χ3n) is 3.14. The summed E-state index contributed by atoms with van der Waals surface area (Å²) in [6.45, 7) is 8.00. The zero-order valence-corrected chi connectivity index (χ0v) is 12.6. The molecule has 0 saturated carbocycles. The van der Waals surface area contributed by atoms with Crippen molar-refractivity contribution in [3.8, 4) is 0 Å². The smallest absolute Gasteiger partial charge is 0.224 e. The number of hydrogen-bond donors (Lipinski definition) is 3. The van der Waals surface area contributed by atoms with Crippen molar-refractivity contribution in [1.82, 2.24) is 0 Å². The largest absolute Gasteiger partial charge is 0.370 e. The van der Waals surface area contributed by atoms with Gasteiger partial charge in [-0.25, -0.2) is 0 Å². The van der Waals surface area contributed by atoms with Gasteiger partial charge in [-0.05, 0) is 37.5 Å². The lowest BCUT2D eigenvalue weighted by atomic mass is 9.93. The maximum Gasteiger partial charge on any atom is 0.224 e. The molecule has 0 heterocycles. The van der Waals surface area contributed by atoms with Crippen molar-refractivity contribution in [3.63, 3.8) is 0 Å². The molecule has 0 unspecified atom stereocenters. The van der Waals surface area contributed by atoms with E-state index < -0.39 is 11.3 Å². The van der Waals surface area contributed by atoms with E-state index >= 15 is 0 Å². The lowest BCUT2D eigenvalue weighted by Gasteiger charge is -2.17. The summed E-state index contributed by atoms with van der Waals surface area (Å²) in [5, 5.41) is 3.02. The Morgan fingerprint density at radius 2 is 2.00 bits per heavy atom. The predicted molar refractivity (Wildman–Crippen MR) is 83.6 cm³/mol. The first-order valence-electron chi connectivity index (χ1n) is 6.69. The van der Waals surface area contributed by atoms with Crippen molar-refractivity contribution >= 4 is 17.6 Å². The monoisotopic (exact) mass is 276 g/mol. The van der Waals surface area contributed by atoms with Gasteiger partial charge in [-0.2, -0.15) is 0 Å². The number of hydrogen-bond acceptors (Lipinski definition) is 2. The van der Waals surface area contributed by atoms with Gasteiger partial charge in [-0.1, -0.05) is 26.0 Å². The summed E-state index contributed by atoms with van der Waals surface area (Å²) in [6, 6.07) is 8.00. The summed E-state index contributed by atoms with van der Waals surface area (Å²) < 4.78 is 0. The number of rotatable bonds is 5. The van der Waals surface area contributed by atoms with E-state index in [1.54, 1.807) is 13.8 Å². The number of aliphatic imine (C=N–C) groups is 1. The quantitative estimate of drug-likeness (QED) is 0.567. The highest BCUT2D eigenvalue weighted by Crippen LogP contribution is 2.18. The minimum atomic E-state index is -0.702. The average molecular weight is 276 g/mol. The number of carbonyl (C=O) groups excluding carboxylic acids is 1. The summed E-state index contributed by atoms with van der Waals surface area (Å²) in [6.07, 6.45) is 0. The molecule has 110 valence electrons. The molecule has 0 spiro atoms. The number of primary amides is 1. The number of carbonyl (C=O) groups is 1. The topological polar surface area (TPSA) is 93.5 Å². The second kappa shape index (κ2) is 6.41. The van der Waals surface area contributed by atoms with E-state index in [1.807, 2.05) is 18.2 Å². The predicted octanol–water partition coefficient (Wildman–Crippen LogP) is 2.05. The molecule has 1 aromatic carbocycles. The summed E-state index contributed by atoms with van der Waals surface area (Å²) in [5.74, 6) is 0.333. The highest BCUT2D eigenvalue weighted by Gasteiger charge is 2.24. The fourth-order valence-electron chi connectivity index (χ4n) is 1.52. The highest BCUT2D eigenvalue weighted by atomic mass is 16.1. The maximum absolute atomic E-state index is 11.2. The van der Waals surface area contributed by atoms with Gasteiger partial charge in [0.1, 0.15) is 0 Å². The molecule has 5 nitrogen and oxygen atoms in total. The first kappa shape index (κ1) is 16.0. The van der Waals surface area contributed by atoms with Crippen LogP contribution in [-0.2, 0) is 4.79 Å². The number of nitrogens with two attached hydrogens (primary N) is 2. The number of nitrogens with one attached hydrogen (secondary N) is 1. The Balaban J connectivity index is 2.73. The van der Waals surface area contributed by atoms with Gasteiger partial charge < -0.3 is 16.8 Å². The van der Waals surface area contributed by atoms with Crippen molar-refractivity contribution in [2.24, 2.45) is 21.9 Å². The molecule has 0 aliphatic rings. The second-order valence-electron chi connectivity index (χ2n) is 5.85. The van der Waals surface area contributed by atoms with Crippen LogP contribution in [0.1, 0.15) is 39.2 Å². The van der Waals surface area contributed by atoms with Crippen molar-refractivity contribution in [2.45, 2.75) is 33.6 Å². The molecule has 0 bridgehead atoms. The standard InChI is InChI=1S/C15H24N4O/c1-10(2)11-6-5-7-12(8-11)19-14(17)18-9-15(3,4)13(16)20/h5-8,10H,9H2,1-4H3,(H2,16,20)(H3,17,18,19). The van der Waals surface area contributed by atoms with Gasteiger partial charge in [0.05, 0.1) is 12.0 Å². The van der Waals surface area contributed by atoms with Crippen LogP contribution in [0, 0.1) is 5.41 Å². The Bertz CT molecular complexity index is 506. The molecule has 0 fully saturated rings. The maximum atomic E-state index is 11.2. The van der Waals surface area contributed by atoms with Crippen LogP contribution >= 0.6 is 0 Å². The van der Waals surface area contributed by atoms with Gasteiger partial charge in [-0.3, -0.25) is 9.79 Å². The van der Waals surface area contributed by atoms with Crippen molar-refractivity contribution in [3.05, 3.63) is 29.8 Å². The van der Waals surface area contributed by atoms with Gasteiger partial charge in [0, 0.05) is 5.69 Å². The minimum Gasteiger partial charge on any atom is -0.370 e. The van der Waals surface area contributed by atoms with E-state index in [-0.39, 0.29) is 12.5 Å². The summed E-state index contributed by atoms with van der Waals surface area (Å²) >= 11 is 0. The van der Waals surface area contributed by atoms with E-state index in [0.717, 1.165) is 5.69 Å². The van der Waals surface area contributed by atoms with Crippen LogP contribution in [0.15, 0.2) is 29.3 Å². The first-order chi connectivity index (χ1) is 9.22. The zero-order valence-electron chi connectivity index (χ0n) is 12.6. The molecule has 20 heavy (non-hydrogen) atoms. The third kappa shape index (κ3) is 4.57. The van der Waals surface area contributed by atoms with E-state index in [2.05, 4.69) is 30.2 Å². The number of benzene rings is 1. The van der Waals surface area contributed by atoms with Gasteiger partial charge >= 0.3 is 0 Å². The molecular formula is C15H24N4O. The molecule has 0 aliphatic heterocycles. The zero-order chi connectivity index (χ0) is 15.3. The molecule has 0 aromatic heterocycles. The Morgan fingerprint density at radius 3 is 2.55 bits per heavy atom. The van der Waals surface area contributed by atoms with E-state index in [4.69, 9.17) is 11.5 Å². The van der Waals surface area contributed by atoms with Crippen LogP contribution in [0.25, 0.3) is 0 Å². The highest BCUT2D eigenvalue weighted by molar-refractivity contribution is 5.92. The SMILES string of the molecule is CC(C)c1cccc(NC(N)=NCC(C)(C)C(N)=O)c1. The number of anilines is 1. The average Bonchev–Trinajstić information content (AvgIpc) is 2.36. The summed E-state index contributed by atoms with van der Waals surface area (Å²) in [4.78, 5) is 15.4. The number of amides is 1. The van der Waals surface area contributed by atoms with Crippen LogP contribution in [0.3, 0.4) is 0 Å². The van der Waals surface area contributed by atoms with Crippen LogP contribution in [0.5, 0.6) is 0 Å². The number of guanidine groups is 1. The van der Waals surface area contributed by atoms with Crippen molar-refractivity contribution in [2.75, 3.05) is 11.9 Å². The van der Waals surface area contributed by atoms with Crippen LogP contribution < -0.4 is 16.8 Å². The molecule has 5 N–H and O–H groups in total. The molecule has 0 aliphatic carbocycles. The molecule has 1 aromatic rings. The fraction of sp³-hybridized carbons (Fsp3) is 0.467. The lowest BCUT2D eigenvalue weighted by Crippen LogP contribution is -2.35. The van der Waals surface area contributed by atoms with Gasteiger partial charge in [0.2, 0.25) is 5.91 Å². The molecular weight excluding hydrogens is 252 g/mol. The van der Waals surface area contributed by atoms with Crippen LogP contribution in [-0.4, -0.2) is 18.4 Å². The Hall–Kier alpha value is -2.04. The lowest BCUT2D eigenvalue weighted by molar-refractivity contribution is -0.125. The first-order valence-corrected chi connectivity index (χ1v) is 6.69. The minimum absolute atomic E-state index is 0.255. The Labute approximate surface area is 120 Å². The second-order valence-corrected chi connectivity index (χ2v) is 5.85. The van der Waals surface area contributed by atoms with Gasteiger partial charge in [0.15, 0.2) is 5.96 Å². The Morgan fingerprint density at radius 1 is 1.35 bits per heavy atom. The molecule has 1 amide bonds. The fourth-order valence-corrected chi connectivity index (χ4v) is 1.52. The molecule has 0 atom stereocenters. The third-order valence-corrected chi connectivity index (χ3v) is 3.14. The van der Waals surface area contributed by atoms with E-state index in [0.29, 0.717) is 5.92 Å². The summed E-state index contributed by atoms with van der Waals surface area (Å²) in [7, 11) is 0. The van der Waals surface area contributed by atoms with Crippen molar-refractivity contribution in [1.29, 1.82) is 0 Å². The van der Waals surface area contributed by atoms with Gasteiger partial charge in [0.25, 0.3) is 0 Å². The normalized spacial score (nSPS) is 12.6. The van der Waals surface area contributed by atoms with Crippen LogP contribution in [0.4, 0.5) is 5.69 Å². The van der Waals surface area contributed by atoms with E-state index in [1.165, 1.54) is 5.56 Å². The van der Waals surface area contributed by atoms with Gasteiger partial charge in [-0.15, -0.1) is 0 Å². The molecule has 0 saturated heterocycles. The van der Waals surface area contributed by atoms with E-state index in [9.17, 15) is 4.79 Å². The summed E-state index contributed by atoms with van der Waals surface area (Å²) in [5.41, 5.74) is 12.5.